The molecule has 1 aromatic heterocycles. The molecule has 1 aromatic carbocycles. The van der Waals surface area contributed by atoms with E-state index in [0.717, 1.165) is 16.2 Å². The first kappa shape index (κ1) is 18.7. The van der Waals surface area contributed by atoms with Gasteiger partial charge < -0.3 is 4.42 Å². The molecule has 2 aliphatic heterocycles. The molecule has 0 fully saturated rings. The summed E-state index contributed by atoms with van der Waals surface area (Å²) in [6.07, 6.45) is 1.53. The number of benzene rings is 1. The van der Waals surface area contributed by atoms with Gasteiger partial charge in [-0.15, -0.1) is 0 Å². The van der Waals surface area contributed by atoms with Crippen LogP contribution in [0.1, 0.15) is 25.2 Å². The number of carbonyl (C=O) groups excluding carboxylic acids is 1. The van der Waals surface area contributed by atoms with E-state index >= 15 is 0 Å². The Hall–Kier alpha value is -2.64. The fourth-order valence-corrected chi connectivity index (χ4v) is 3.79. The molecule has 1 amide bonds. The van der Waals surface area contributed by atoms with E-state index in [-0.39, 0.29) is 17.3 Å². The number of hydrazone groups is 1. The molecule has 3 heterocycles. The Labute approximate surface area is 171 Å². The Morgan fingerprint density at radius 3 is 2.79 bits per heavy atom. The first-order valence-corrected chi connectivity index (χ1v) is 9.89. The summed E-state index contributed by atoms with van der Waals surface area (Å²) < 4.78 is 5.84. The number of nitrogens with one attached hydrogen (secondary N) is 1. The van der Waals surface area contributed by atoms with Crippen molar-refractivity contribution in [1.29, 1.82) is 5.41 Å². The van der Waals surface area contributed by atoms with E-state index in [1.807, 2.05) is 39.0 Å². The van der Waals surface area contributed by atoms with Crippen molar-refractivity contribution in [3.05, 3.63) is 52.3 Å². The first-order valence-electron chi connectivity index (χ1n) is 8.70. The fraction of sp³-hybridized carbons (Fsp3) is 0.200. The number of rotatable bonds is 3. The maximum Gasteiger partial charge on any atom is 0.283 e. The third-order valence-corrected chi connectivity index (χ3v) is 5.95. The topological polar surface area (TPSA) is 82.0 Å². The second kappa shape index (κ2) is 7.07. The van der Waals surface area contributed by atoms with Gasteiger partial charge in [-0.2, -0.15) is 15.1 Å². The van der Waals surface area contributed by atoms with Gasteiger partial charge in [0.1, 0.15) is 16.6 Å². The average Bonchev–Trinajstić information content (AvgIpc) is 3.28. The van der Waals surface area contributed by atoms with Crippen molar-refractivity contribution in [1.82, 2.24) is 5.01 Å². The molecule has 0 unspecified atom stereocenters. The number of nitrogens with zero attached hydrogens (tertiary/aromatic N) is 3. The molecule has 28 heavy (non-hydrogen) atoms. The smallest absolute Gasteiger partial charge is 0.283 e. The molecule has 4 rings (SSSR count). The number of hydrogen-bond donors (Lipinski definition) is 1. The largest absolute Gasteiger partial charge is 0.457 e. The van der Waals surface area contributed by atoms with Gasteiger partial charge in [-0.05, 0) is 48.5 Å². The summed E-state index contributed by atoms with van der Waals surface area (Å²) in [5, 5.41) is 16.1. The van der Waals surface area contributed by atoms with E-state index in [1.54, 1.807) is 12.1 Å². The third-order valence-electron chi connectivity index (χ3n) is 4.33. The summed E-state index contributed by atoms with van der Waals surface area (Å²) in [4.78, 5) is 16.5. The molecular formula is C20H17ClN4O2S. The normalized spacial score (nSPS) is 18.0. The maximum absolute atomic E-state index is 12.4. The average molecular weight is 413 g/mol. The second-order valence-corrected chi connectivity index (χ2v) is 8.17. The van der Waals surface area contributed by atoms with Gasteiger partial charge in [0.25, 0.3) is 5.91 Å². The van der Waals surface area contributed by atoms with E-state index < -0.39 is 5.91 Å². The zero-order valence-electron chi connectivity index (χ0n) is 15.5. The number of amides is 1. The molecule has 6 nitrogen and oxygen atoms in total. The Morgan fingerprint density at radius 2 is 2.07 bits per heavy atom. The van der Waals surface area contributed by atoms with E-state index in [1.165, 1.54) is 22.8 Å². The zero-order chi connectivity index (χ0) is 20.0. The van der Waals surface area contributed by atoms with Gasteiger partial charge in [-0.3, -0.25) is 10.2 Å². The summed E-state index contributed by atoms with van der Waals surface area (Å²) >= 11 is 7.51. The number of hydrogen-bond acceptors (Lipinski definition) is 5. The quantitative estimate of drug-likeness (QED) is 0.704. The van der Waals surface area contributed by atoms with E-state index in [9.17, 15) is 4.79 Å². The third kappa shape index (κ3) is 3.31. The van der Waals surface area contributed by atoms with Crippen LogP contribution in [-0.4, -0.2) is 27.0 Å². The highest BCUT2D eigenvalue weighted by Gasteiger charge is 2.36. The second-order valence-electron chi connectivity index (χ2n) is 6.78. The molecular weight excluding hydrogens is 396 g/mol. The molecule has 1 N–H and O–H groups in total. The molecule has 0 saturated heterocycles. The van der Waals surface area contributed by atoms with Gasteiger partial charge >= 0.3 is 0 Å². The first-order chi connectivity index (χ1) is 13.3. The Kier molecular flexibility index (Phi) is 4.72. The summed E-state index contributed by atoms with van der Waals surface area (Å²) in [5.41, 5.74) is 1.97. The summed E-state index contributed by atoms with van der Waals surface area (Å²) in [5.74, 6) is 0.806. The van der Waals surface area contributed by atoms with E-state index in [4.69, 9.17) is 21.4 Å². The molecule has 0 saturated carbocycles. The minimum atomic E-state index is -0.472. The van der Waals surface area contributed by atoms with Crippen molar-refractivity contribution in [3.8, 4) is 11.3 Å². The van der Waals surface area contributed by atoms with Crippen molar-refractivity contribution >= 4 is 51.4 Å². The lowest BCUT2D eigenvalue weighted by atomic mass is 10.1. The predicted octanol–water partition coefficient (Wildman–Crippen LogP) is 5.18. The molecule has 2 aliphatic rings. The monoisotopic (exact) mass is 412 g/mol. The lowest BCUT2D eigenvalue weighted by Crippen LogP contribution is -2.35. The highest BCUT2D eigenvalue weighted by atomic mass is 35.5. The fourth-order valence-electron chi connectivity index (χ4n) is 2.71. The van der Waals surface area contributed by atoms with Crippen LogP contribution in [0.5, 0.6) is 0 Å². The van der Waals surface area contributed by atoms with Crippen molar-refractivity contribution in [2.24, 2.45) is 16.0 Å². The molecule has 0 radical (unpaired) electrons. The lowest BCUT2D eigenvalue weighted by molar-refractivity contribution is -0.114. The minimum Gasteiger partial charge on any atom is -0.457 e. The molecule has 142 valence electrons. The summed E-state index contributed by atoms with van der Waals surface area (Å²) in [6, 6.07) is 9.23. The standard InChI is InChI=1S/C20H17ClN4O2S/c1-10(2)19-24-25-17(22)14(18(26)23-20(25)28-19)9-13-6-7-16(27-13)12-5-4-11(3)15(21)8-12/h4-10,22H,1-3H3/b14-9-,22-17?. The number of fused-ring (bicyclic) bond motifs is 1. The Balaban J connectivity index is 1.65. The molecule has 2 aromatic rings. The molecule has 0 spiro atoms. The van der Waals surface area contributed by atoms with Crippen LogP contribution in [0.3, 0.4) is 0 Å². The number of amidine groups is 2. The van der Waals surface area contributed by atoms with Crippen LogP contribution in [0.4, 0.5) is 0 Å². The van der Waals surface area contributed by atoms with E-state index in [0.29, 0.717) is 21.7 Å². The van der Waals surface area contributed by atoms with Crippen molar-refractivity contribution < 1.29 is 9.21 Å². The minimum absolute atomic E-state index is 0.00511. The number of thioether (sulfide) groups is 1. The van der Waals surface area contributed by atoms with Gasteiger partial charge in [0.15, 0.2) is 5.84 Å². The highest BCUT2D eigenvalue weighted by molar-refractivity contribution is 8.27. The number of carbonyl (C=O) groups is 1. The van der Waals surface area contributed by atoms with Crippen LogP contribution in [0.2, 0.25) is 5.02 Å². The number of halogens is 1. The van der Waals surface area contributed by atoms with Crippen LogP contribution >= 0.6 is 23.4 Å². The van der Waals surface area contributed by atoms with Crippen LogP contribution in [0.25, 0.3) is 17.4 Å². The Bertz CT molecular complexity index is 1100. The van der Waals surface area contributed by atoms with Gasteiger partial charge in [-0.25, -0.2) is 0 Å². The van der Waals surface area contributed by atoms with Crippen molar-refractivity contribution in [2.75, 3.05) is 0 Å². The maximum atomic E-state index is 12.4. The number of aliphatic imine (C=N–C) groups is 1. The van der Waals surface area contributed by atoms with Crippen molar-refractivity contribution in [2.45, 2.75) is 20.8 Å². The van der Waals surface area contributed by atoms with Crippen LogP contribution in [0.15, 0.2) is 50.4 Å². The number of furan rings is 1. The van der Waals surface area contributed by atoms with Crippen molar-refractivity contribution in [3.63, 3.8) is 0 Å². The van der Waals surface area contributed by atoms with Gasteiger partial charge in [0.2, 0.25) is 5.17 Å². The highest BCUT2D eigenvalue weighted by Crippen LogP contribution is 2.32. The Morgan fingerprint density at radius 1 is 1.29 bits per heavy atom. The predicted molar refractivity (Wildman–Crippen MR) is 114 cm³/mol. The van der Waals surface area contributed by atoms with Gasteiger partial charge in [0.05, 0.1) is 5.57 Å². The summed E-state index contributed by atoms with van der Waals surface area (Å²) in [7, 11) is 0. The van der Waals surface area contributed by atoms with E-state index in [2.05, 4.69) is 10.1 Å². The zero-order valence-corrected chi connectivity index (χ0v) is 17.1. The van der Waals surface area contributed by atoms with Crippen LogP contribution in [-0.2, 0) is 4.79 Å². The van der Waals surface area contributed by atoms with Crippen LogP contribution < -0.4 is 0 Å². The SMILES string of the molecule is Cc1ccc(-c2ccc(/C=C3/C(=N)N4N=C(C(C)C)SC4=NC3=O)o2)cc1Cl. The molecule has 0 bridgehead atoms. The molecule has 8 heteroatoms. The molecule has 0 aliphatic carbocycles. The van der Waals surface area contributed by atoms with Crippen LogP contribution in [0, 0.1) is 18.3 Å². The molecule has 0 atom stereocenters. The number of aryl methyl sites for hydroxylation is 1. The lowest BCUT2D eigenvalue weighted by Gasteiger charge is -2.19. The van der Waals surface area contributed by atoms with Gasteiger partial charge in [0, 0.05) is 16.5 Å². The summed E-state index contributed by atoms with van der Waals surface area (Å²) in [6.45, 7) is 5.95. The van der Waals surface area contributed by atoms with Gasteiger partial charge in [-0.1, -0.05) is 37.6 Å².